The molecule has 0 spiro atoms. The van der Waals surface area contributed by atoms with Crippen LogP contribution in [0.25, 0.3) is 0 Å². The highest BCUT2D eigenvalue weighted by Crippen LogP contribution is 2.30. The Morgan fingerprint density at radius 2 is 2.42 bits per heavy atom. The Kier molecular flexibility index (Phi) is 3.29. The zero-order valence-corrected chi connectivity index (χ0v) is 8.06. The largest absolute Gasteiger partial charge is 0.487 e. The number of methoxy groups -OCH3 is 1. The van der Waals surface area contributed by atoms with Crippen molar-refractivity contribution in [2.75, 3.05) is 7.11 Å². The number of ether oxygens (including phenoxy) is 1. The predicted octanol–water partition coefficient (Wildman–Crippen LogP) is 2.45. The molecule has 3 heteroatoms. The summed E-state index contributed by atoms with van der Waals surface area (Å²) >= 11 is 1.60. The minimum absolute atomic E-state index is 0.316. The zero-order valence-electron chi connectivity index (χ0n) is 7.24. The number of hydrogen-bond donors (Lipinski definition) is 0. The lowest BCUT2D eigenvalue weighted by molar-refractivity contribution is -0.108. The first-order valence-corrected chi connectivity index (χ1v) is 4.67. The standard InChI is InChI=1S/C9H12O2S/c1-7(5-6-10)8-3-4-9(11-2)12-8/h3-4,6-7H,5H2,1-2H3/t7-/m1/s1. The van der Waals surface area contributed by atoms with Gasteiger partial charge in [-0.1, -0.05) is 6.92 Å². The lowest BCUT2D eigenvalue weighted by atomic mass is 10.1. The van der Waals surface area contributed by atoms with Crippen LogP contribution in [0, 0.1) is 0 Å². The van der Waals surface area contributed by atoms with E-state index in [2.05, 4.69) is 0 Å². The Balaban J connectivity index is 2.67. The Labute approximate surface area is 76.2 Å². The number of carbonyl (C=O) groups excluding carboxylic acids is 1. The quantitative estimate of drug-likeness (QED) is 0.672. The van der Waals surface area contributed by atoms with Gasteiger partial charge in [0.05, 0.1) is 7.11 Å². The summed E-state index contributed by atoms with van der Waals surface area (Å²) in [6, 6.07) is 3.94. The van der Waals surface area contributed by atoms with E-state index in [1.54, 1.807) is 18.4 Å². The molecular weight excluding hydrogens is 172 g/mol. The van der Waals surface area contributed by atoms with Gasteiger partial charge in [0.2, 0.25) is 0 Å². The van der Waals surface area contributed by atoms with E-state index in [1.165, 1.54) is 4.88 Å². The van der Waals surface area contributed by atoms with Gasteiger partial charge in [0.1, 0.15) is 6.29 Å². The Morgan fingerprint density at radius 3 is 2.92 bits per heavy atom. The molecule has 1 aromatic heterocycles. The second-order valence-corrected chi connectivity index (χ2v) is 3.74. The molecule has 0 N–H and O–H groups in total. The van der Waals surface area contributed by atoms with Crippen molar-refractivity contribution in [2.24, 2.45) is 0 Å². The molecule has 12 heavy (non-hydrogen) atoms. The van der Waals surface area contributed by atoms with E-state index in [1.807, 2.05) is 19.1 Å². The van der Waals surface area contributed by atoms with Crippen LogP contribution in [0.2, 0.25) is 0 Å². The molecule has 0 aliphatic rings. The van der Waals surface area contributed by atoms with Crippen LogP contribution < -0.4 is 4.74 Å². The summed E-state index contributed by atoms with van der Waals surface area (Å²) in [6.07, 6.45) is 1.54. The average molecular weight is 184 g/mol. The van der Waals surface area contributed by atoms with Crippen molar-refractivity contribution in [1.29, 1.82) is 0 Å². The van der Waals surface area contributed by atoms with Gasteiger partial charge in [0.25, 0.3) is 0 Å². The van der Waals surface area contributed by atoms with Crippen molar-refractivity contribution in [1.82, 2.24) is 0 Å². The van der Waals surface area contributed by atoms with Crippen molar-refractivity contribution < 1.29 is 9.53 Å². The van der Waals surface area contributed by atoms with Crippen LogP contribution in [0.4, 0.5) is 0 Å². The van der Waals surface area contributed by atoms with Crippen molar-refractivity contribution in [3.05, 3.63) is 17.0 Å². The summed E-state index contributed by atoms with van der Waals surface area (Å²) in [5, 5.41) is 0.905. The molecule has 0 saturated carbocycles. The molecule has 0 aliphatic carbocycles. The first-order chi connectivity index (χ1) is 5.77. The van der Waals surface area contributed by atoms with Crippen LogP contribution in [0.1, 0.15) is 24.1 Å². The highest BCUT2D eigenvalue weighted by molar-refractivity contribution is 7.13. The maximum atomic E-state index is 10.2. The highest BCUT2D eigenvalue weighted by atomic mass is 32.1. The minimum atomic E-state index is 0.316. The van der Waals surface area contributed by atoms with Gasteiger partial charge in [0.15, 0.2) is 5.06 Å². The Hall–Kier alpha value is -0.830. The van der Waals surface area contributed by atoms with E-state index in [0.29, 0.717) is 12.3 Å². The second-order valence-electron chi connectivity index (χ2n) is 2.66. The lowest BCUT2D eigenvalue weighted by Gasteiger charge is -2.02. The second kappa shape index (κ2) is 4.26. The van der Waals surface area contributed by atoms with Gasteiger partial charge >= 0.3 is 0 Å². The topological polar surface area (TPSA) is 26.3 Å². The maximum absolute atomic E-state index is 10.2. The van der Waals surface area contributed by atoms with Crippen LogP contribution >= 0.6 is 11.3 Å². The molecule has 0 aromatic carbocycles. The van der Waals surface area contributed by atoms with E-state index in [9.17, 15) is 4.79 Å². The van der Waals surface area contributed by atoms with E-state index in [-0.39, 0.29) is 0 Å². The molecule has 1 heterocycles. The van der Waals surface area contributed by atoms with Gasteiger partial charge in [-0.25, -0.2) is 0 Å². The predicted molar refractivity (Wildman–Crippen MR) is 50.0 cm³/mol. The third kappa shape index (κ3) is 2.08. The van der Waals surface area contributed by atoms with E-state index in [4.69, 9.17) is 4.74 Å². The number of thiophene rings is 1. The van der Waals surface area contributed by atoms with Crippen molar-refractivity contribution in [3.63, 3.8) is 0 Å². The van der Waals surface area contributed by atoms with Gasteiger partial charge in [-0.05, 0) is 18.1 Å². The fourth-order valence-electron chi connectivity index (χ4n) is 0.969. The molecule has 0 saturated heterocycles. The third-order valence-electron chi connectivity index (χ3n) is 1.74. The van der Waals surface area contributed by atoms with E-state index in [0.717, 1.165) is 11.3 Å². The number of aldehydes is 1. The Bertz CT molecular complexity index is 255. The Morgan fingerprint density at radius 1 is 1.67 bits per heavy atom. The van der Waals surface area contributed by atoms with Gasteiger partial charge in [-0.15, -0.1) is 11.3 Å². The van der Waals surface area contributed by atoms with Crippen molar-refractivity contribution >= 4 is 17.6 Å². The monoisotopic (exact) mass is 184 g/mol. The molecule has 0 radical (unpaired) electrons. The SMILES string of the molecule is COc1ccc([C@H](C)CC=O)s1. The molecule has 0 bridgehead atoms. The van der Waals surface area contributed by atoms with Crippen molar-refractivity contribution in [3.8, 4) is 5.06 Å². The number of hydrogen-bond acceptors (Lipinski definition) is 3. The van der Waals surface area contributed by atoms with Crippen LogP contribution in [-0.4, -0.2) is 13.4 Å². The summed E-state index contributed by atoms with van der Waals surface area (Å²) in [7, 11) is 1.65. The molecule has 0 fully saturated rings. The molecule has 1 rings (SSSR count). The summed E-state index contributed by atoms with van der Waals surface area (Å²) < 4.78 is 5.05. The van der Waals surface area contributed by atoms with Crippen LogP contribution in [0.3, 0.4) is 0 Å². The van der Waals surface area contributed by atoms with Crippen LogP contribution in [-0.2, 0) is 4.79 Å². The van der Waals surface area contributed by atoms with Gasteiger partial charge in [0, 0.05) is 11.3 Å². The van der Waals surface area contributed by atoms with Gasteiger partial charge in [-0.2, -0.15) is 0 Å². The highest BCUT2D eigenvalue weighted by Gasteiger charge is 2.07. The summed E-state index contributed by atoms with van der Waals surface area (Å²) in [6.45, 7) is 2.04. The molecule has 0 unspecified atom stereocenters. The van der Waals surface area contributed by atoms with Gasteiger partial charge < -0.3 is 9.53 Å². The zero-order chi connectivity index (χ0) is 8.97. The first kappa shape index (κ1) is 9.26. The maximum Gasteiger partial charge on any atom is 0.173 e. The molecule has 1 aromatic rings. The summed E-state index contributed by atoms with van der Waals surface area (Å²) in [5.41, 5.74) is 0. The average Bonchev–Trinajstić information content (AvgIpc) is 2.52. The molecule has 1 atom stereocenters. The number of rotatable bonds is 4. The van der Waals surface area contributed by atoms with Crippen molar-refractivity contribution in [2.45, 2.75) is 19.3 Å². The third-order valence-corrected chi connectivity index (χ3v) is 3.02. The summed E-state index contributed by atoms with van der Waals surface area (Å²) in [4.78, 5) is 11.4. The van der Waals surface area contributed by atoms with Crippen LogP contribution in [0.5, 0.6) is 5.06 Å². The normalized spacial score (nSPS) is 12.5. The number of carbonyl (C=O) groups is 1. The molecular formula is C9H12O2S. The molecule has 66 valence electrons. The van der Waals surface area contributed by atoms with E-state index >= 15 is 0 Å². The molecule has 0 aliphatic heterocycles. The minimum Gasteiger partial charge on any atom is -0.487 e. The lowest BCUT2D eigenvalue weighted by Crippen LogP contribution is -1.89. The summed E-state index contributed by atoms with van der Waals surface area (Å²) in [5.74, 6) is 0.316. The molecule has 0 amide bonds. The fraction of sp³-hybridized carbons (Fsp3) is 0.444. The molecule has 2 nitrogen and oxygen atoms in total. The smallest absolute Gasteiger partial charge is 0.173 e. The fourth-order valence-corrected chi connectivity index (χ4v) is 1.85. The van der Waals surface area contributed by atoms with Crippen LogP contribution in [0.15, 0.2) is 12.1 Å². The van der Waals surface area contributed by atoms with E-state index < -0.39 is 0 Å². The first-order valence-electron chi connectivity index (χ1n) is 3.85. The van der Waals surface area contributed by atoms with Gasteiger partial charge in [-0.3, -0.25) is 0 Å².